The van der Waals surface area contributed by atoms with E-state index in [1.807, 2.05) is 11.8 Å². The molecule has 2 nitrogen and oxygen atoms in total. The van der Waals surface area contributed by atoms with E-state index in [1.165, 1.54) is 6.07 Å². The van der Waals surface area contributed by atoms with Crippen LogP contribution in [0.4, 0.5) is 18.9 Å². The number of benzene rings is 1. The Bertz CT molecular complexity index is 476. The van der Waals surface area contributed by atoms with Crippen LogP contribution < -0.4 is 10.6 Å². The number of hydrogen-bond donors (Lipinski definition) is 1. The number of anilines is 1. The lowest BCUT2D eigenvalue weighted by Gasteiger charge is -2.40. The zero-order chi connectivity index (χ0) is 14.9. The summed E-state index contributed by atoms with van der Waals surface area (Å²) in [5.74, 6) is 0.983. The Hall–Kier alpha value is -0.880. The van der Waals surface area contributed by atoms with E-state index in [0.29, 0.717) is 10.8 Å². The highest BCUT2D eigenvalue weighted by molar-refractivity contribution is 8.00. The van der Waals surface area contributed by atoms with Gasteiger partial charge < -0.3 is 10.6 Å². The van der Waals surface area contributed by atoms with Crippen molar-refractivity contribution in [1.82, 2.24) is 0 Å². The molecule has 1 fully saturated rings. The number of alkyl halides is 3. The molecule has 0 aliphatic carbocycles. The van der Waals surface area contributed by atoms with Crippen LogP contribution in [-0.2, 0) is 12.7 Å². The summed E-state index contributed by atoms with van der Waals surface area (Å²) in [5, 5.41) is 0.455. The fourth-order valence-corrected chi connectivity index (χ4v) is 3.58. The molecule has 0 bridgehead atoms. The van der Waals surface area contributed by atoms with Gasteiger partial charge in [0.05, 0.1) is 5.56 Å². The minimum Gasteiger partial charge on any atom is -0.367 e. The Kier molecular flexibility index (Phi) is 4.54. The third-order valence-electron chi connectivity index (χ3n) is 3.82. The Morgan fingerprint density at radius 3 is 2.65 bits per heavy atom. The number of nitrogens with two attached hydrogens (primary N) is 1. The second-order valence-corrected chi connectivity index (χ2v) is 6.54. The molecule has 2 unspecified atom stereocenters. The standard InChI is InChI=1S/C14H19F3N2S/c1-9-10(2)20-6-5-19(9)13-4-3-12(14(15,16)17)7-11(13)8-18/h3-4,7,9-10H,5-6,8,18H2,1-2H3. The van der Waals surface area contributed by atoms with Crippen LogP contribution >= 0.6 is 11.8 Å². The molecule has 0 aromatic heterocycles. The van der Waals surface area contributed by atoms with Crippen molar-refractivity contribution in [3.8, 4) is 0 Å². The summed E-state index contributed by atoms with van der Waals surface area (Å²) in [7, 11) is 0. The Balaban J connectivity index is 2.36. The van der Waals surface area contributed by atoms with Gasteiger partial charge in [-0.1, -0.05) is 6.92 Å². The zero-order valence-electron chi connectivity index (χ0n) is 11.6. The predicted molar refractivity (Wildman–Crippen MR) is 78.1 cm³/mol. The van der Waals surface area contributed by atoms with Gasteiger partial charge in [0.15, 0.2) is 0 Å². The Labute approximate surface area is 121 Å². The van der Waals surface area contributed by atoms with Crippen molar-refractivity contribution in [2.75, 3.05) is 17.2 Å². The van der Waals surface area contributed by atoms with Crippen molar-refractivity contribution in [2.45, 2.75) is 37.9 Å². The molecule has 2 rings (SSSR count). The van der Waals surface area contributed by atoms with Gasteiger partial charge in [-0.2, -0.15) is 24.9 Å². The second-order valence-electron chi connectivity index (χ2n) is 5.06. The Morgan fingerprint density at radius 2 is 2.05 bits per heavy atom. The third kappa shape index (κ3) is 3.06. The van der Waals surface area contributed by atoms with E-state index < -0.39 is 11.7 Å². The first-order chi connectivity index (χ1) is 9.34. The van der Waals surface area contributed by atoms with Crippen LogP contribution in [-0.4, -0.2) is 23.6 Å². The third-order valence-corrected chi connectivity index (χ3v) is 5.16. The lowest BCUT2D eigenvalue weighted by molar-refractivity contribution is -0.137. The first-order valence-corrected chi connectivity index (χ1v) is 7.68. The quantitative estimate of drug-likeness (QED) is 0.907. The SMILES string of the molecule is CC1SCCN(c2ccc(C(F)(F)F)cc2CN)C1C. The molecule has 0 amide bonds. The molecule has 112 valence electrons. The maximum absolute atomic E-state index is 12.8. The highest BCUT2D eigenvalue weighted by Gasteiger charge is 2.32. The average Bonchev–Trinajstić information content (AvgIpc) is 2.40. The molecule has 1 saturated heterocycles. The van der Waals surface area contributed by atoms with Gasteiger partial charge in [-0.15, -0.1) is 0 Å². The molecule has 1 aromatic rings. The molecule has 2 atom stereocenters. The molecular weight excluding hydrogens is 285 g/mol. The molecule has 1 heterocycles. The molecule has 1 aliphatic rings. The van der Waals surface area contributed by atoms with Crippen molar-refractivity contribution in [3.05, 3.63) is 29.3 Å². The summed E-state index contributed by atoms with van der Waals surface area (Å²) in [4.78, 5) is 2.17. The van der Waals surface area contributed by atoms with E-state index in [9.17, 15) is 13.2 Å². The van der Waals surface area contributed by atoms with E-state index in [1.54, 1.807) is 6.07 Å². The minimum absolute atomic E-state index is 0.115. The van der Waals surface area contributed by atoms with E-state index in [4.69, 9.17) is 5.73 Å². The van der Waals surface area contributed by atoms with Crippen LogP contribution in [0.1, 0.15) is 25.0 Å². The number of halogens is 3. The van der Waals surface area contributed by atoms with Gasteiger partial charge in [0.1, 0.15) is 0 Å². The number of rotatable bonds is 2. The summed E-state index contributed by atoms with van der Waals surface area (Å²) >= 11 is 1.89. The van der Waals surface area contributed by atoms with Crippen molar-refractivity contribution in [2.24, 2.45) is 5.73 Å². The topological polar surface area (TPSA) is 29.3 Å². The van der Waals surface area contributed by atoms with Crippen molar-refractivity contribution in [3.63, 3.8) is 0 Å². The van der Waals surface area contributed by atoms with E-state index in [-0.39, 0.29) is 12.6 Å². The maximum atomic E-state index is 12.8. The van der Waals surface area contributed by atoms with Gasteiger partial charge in [-0.05, 0) is 30.7 Å². The van der Waals surface area contributed by atoms with Crippen molar-refractivity contribution in [1.29, 1.82) is 0 Å². The molecule has 1 aliphatic heterocycles. The van der Waals surface area contributed by atoms with Crippen LogP contribution in [0.2, 0.25) is 0 Å². The van der Waals surface area contributed by atoms with E-state index >= 15 is 0 Å². The monoisotopic (exact) mass is 304 g/mol. The van der Waals surface area contributed by atoms with Gasteiger partial charge in [0, 0.05) is 35.8 Å². The summed E-state index contributed by atoms with van der Waals surface area (Å²) < 4.78 is 38.3. The van der Waals surface area contributed by atoms with Crippen LogP contribution in [0.15, 0.2) is 18.2 Å². The smallest absolute Gasteiger partial charge is 0.367 e. The molecule has 0 saturated carbocycles. The largest absolute Gasteiger partial charge is 0.416 e. The molecule has 20 heavy (non-hydrogen) atoms. The molecule has 0 spiro atoms. The summed E-state index contributed by atoms with van der Waals surface area (Å²) in [6.07, 6.45) is -4.32. The normalized spacial score (nSPS) is 24.0. The molecule has 0 radical (unpaired) electrons. The summed E-state index contributed by atoms with van der Waals surface area (Å²) in [6.45, 7) is 5.21. The number of thioether (sulfide) groups is 1. The van der Waals surface area contributed by atoms with E-state index in [0.717, 1.165) is 24.1 Å². The Morgan fingerprint density at radius 1 is 1.35 bits per heavy atom. The predicted octanol–water partition coefficient (Wildman–Crippen LogP) is 3.49. The number of nitrogens with zero attached hydrogens (tertiary/aromatic N) is 1. The summed E-state index contributed by atoms with van der Waals surface area (Å²) in [5.41, 5.74) is 6.41. The summed E-state index contributed by atoms with van der Waals surface area (Å²) in [6, 6.07) is 4.17. The highest BCUT2D eigenvalue weighted by atomic mass is 32.2. The molecule has 1 aromatic carbocycles. The van der Waals surface area contributed by atoms with Crippen LogP contribution in [0.3, 0.4) is 0 Å². The lowest BCUT2D eigenvalue weighted by atomic mass is 10.0. The van der Waals surface area contributed by atoms with Gasteiger partial charge >= 0.3 is 6.18 Å². The highest BCUT2D eigenvalue weighted by Crippen LogP contribution is 2.35. The molecule has 6 heteroatoms. The van der Waals surface area contributed by atoms with Crippen LogP contribution in [0, 0.1) is 0 Å². The van der Waals surface area contributed by atoms with Crippen molar-refractivity contribution < 1.29 is 13.2 Å². The average molecular weight is 304 g/mol. The van der Waals surface area contributed by atoms with Crippen LogP contribution in [0.5, 0.6) is 0 Å². The fraction of sp³-hybridized carbons (Fsp3) is 0.571. The minimum atomic E-state index is -4.32. The molecule has 2 N–H and O–H groups in total. The lowest BCUT2D eigenvalue weighted by Crippen LogP contribution is -2.45. The zero-order valence-corrected chi connectivity index (χ0v) is 12.4. The van der Waals surface area contributed by atoms with E-state index in [2.05, 4.69) is 18.7 Å². The first kappa shape index (κ1) is 15.5. The van der Waals surface area contributed by atoms with Gasteiger partial charge in [-0.25, -0.2) is 0 Å². The van der Waals surface area contributed by atoms with Gasteiger partial charge in [0.25, 0.3) is 0 Å². The first-order valence-electron chi connectivity index (χ1n) is 6.63. The van der Waals surface area contributed by atoms with Gasteiger partial charge in [-0.3, -0.25) is 0 Å². The number of hydrogen-bond acceptors (Lipinski definition) is 3. The maximum Gasteiger partial charge on any atom is 0.416 e. The molecular formula is C14H19F3N2S. The second kappa shape index (κ2) is 5.85. The van der Waals surface area contributed by atoms with Crippen molar-refractivity contribution >= 4 is 17.4 Å². The van der Waals surface area contributed by atoms with Crippen LogP contribution in [0.25, 0.3) is 0 Å². The van der Waals surface area contributed by atoms with Gasteiger partial charge in [0.2, 0.25) is 0 Å². The fourth-order valence-electron chi connectivity index (χ4n) is 2.48.